The van der Waals surface area contributed by atoms with E-state index in [1.165, 1.54) is 0 Å². The van der Waals surface area contributed by atoms with Gasteiger partial charge in [0, 0.05) is 18.7 Å². The predicted octanol–water partition coefficient (Wildman–Crippen LogP) is 3.02. The third-order valence-electron chi connectivity index (χ3n) is 1.97. The molecule has 0 saturated heterocycles. The molecule has 0 atom stereocenters. The molecule has 1 heterocycles. The number of anilines is 1. The Bertz CT molecular complexity index is 315. The molecule has 0 bridgehead atoms. The molecule has 0 spiro atoms. The first-order valence-corrected chi connectivity index (χ1v) is 5.27. The minimum Gasteiger partial charge on any atom is -0.367 e. The van der Waals surface area contributed by atoms with Crippen LogP contribution >= 0.6 is 23.2 Å². The molecule has 0 amide bonds. The Morgan fingerprint density at radius 3 is 2.50 bits per heavy atom. The summed E-state index contributed by atoms with van der Waals surface area (Å²) in [4.78, 5) is 2.11. The minimum atomic E-state index is 0.359. The molecule has 0 aliphatic carbocycles. The standard InChI is InChI=1S/C9H13Cl2N3/c1-4-14(6(2)3)7-5-8(10)12-13-9(7)11/h5-6H,4H2,1-3H3. The Balaban J connectivity index is 3.08. The van der Waals surface area contributed by atoms with Crippen molar-refractivity contribution in [1.82, 2.24) is 10.2 Å². The molecule has 1 aromatic heterocycles. The molecule has 5 heteroatoms. The van der Waals surface area contributed by atoms with Crippen molar-refractivity contribution in [3.8, 4) is 0 Å². The van der Waals surface area contributed by atoms with Gasteiger partial charge in [-0.25, -0.2) is 0 Å². The number of hydrogen-bond acceptors (Lipinski definition) is 3. The summed E-state index contributed by atoms with van der Waals surface area (Å²) < 4.78 is 0. The van der Waals surface area contributed by atoms with E-state index in [2.05, 4.69) is 35.9 Å². The molecule has 0 N–H and O–H groups in total. The summed E-state index contributed by atoms with van der Waals surface area (Å²) in [6, 6.07) is 2.10. The van der Waals surface area contributed by atoms with Gasteiger partial charge in [0.2, 0.25) is 0 Å². The maximum atomic E-state index is 5.94. The average molecular weight is 234 g/mol. The van der Waals surface area contributed by atoms with E-state index >= 15 is 0 Å². The second-order valence-corrected chi connectivity index (χ2v) is 3.97. The third kappa shape index (κ3) is 2.49. The number of nitrogens with zero attached hydrogens (tertiary/aromatic N) is 3. The molecule has 3 nitrogen and oxygen atoms in total. The Morgan fingerprint density at radius 2 is 2.00 bits per heavy atom. The summed E-state index contributed by atoms with van der Waals surface area (Å²) in [6.07, 6.45) is 0. The lowest BCUT2D eigenvalue weighted by molar-refractivity contribution is 0.700. The van der Waals surface area contributed by atoms with E-state index in [-0.39, 0.29) is 0 Å². The van der Waals surface area contributed by atoms with Crippen LogP contribution in [0.1, 0.15) is 20.8 Å². The zero-order valence-corrected chi connectivity index (χ0v) is 9.97. The van der Waals surface area contributed by atoms with Crippen LogP contribution in [0.4, 0.5) is 5.69 Å². The number of halogens is 2. The Kier molecular flexibility index (Phi) is 3.96. The SMILES string of the molecule is CCN(c1cc(Cl)nnc1Cl)C(C)C. The second kappa shape index (κ2) is 4.80. The summed E-state index contributed by atoms with van der Waals surface area (Å²) in [5, 5.41) is 8.20. The summed E-state index contributed by atoms with van der Waals surface area (Å²) in [6.45, 7) is 7.10. The van der Waals surface area contributed by atoms with Crippen molar-refractivity contribution in [2.75, 3.05) is 11.4 Å². The normalized spacial score (nSPS) is 10.7. The Hall–Kier alpha value is -0.540. The minimum absolute atomic E-state index is 0.359. The highest BCUT2D eigenvalue weighted by atomic mass is 35.5. The van der Waals surface area contributed by atoms with Gasteiger partial charge in [-0.1, -0.05) is 23.2 Å². The van der Waals surface area contributed by atoms with Crippen molar-refractivity contribution < 1.29 is 0 Å². The van der Waals surface area contributed by atoms with Crippen LogP contribution in [0.15, 0.2) is 6.07 Å². The van der Waals surface area contributed by atoms with Gasteiger partial charge >= 0.3 is 0 Å². The zero-order chi connectivity index (χ0) is 10.7. The summed E-state index contributed by atoms with van der Waals surface area (Å²) in [5.74, 6) is 0. The molecule has 0 aliphatic heterocycles. The lowest BCUT2D eigenvalue weighted by Gasteiger charge is -2.27. The molecule has 0 radical (unpaired) electrons. The summed E-state index contributed by atoms with van der Waals surface area (Å²) in [5.41, 5.74) is 0.837. The molecule has 0 aromatic carbocycles. The van der Waals surface area contributed by atoms with Gasteiger partial charge in [0.15, 0.2) is 10.3 Å². The van der Waals surface area contributed by atoms with Crippen LogP contribution in [-0.4, -0.2) is 22.8 Å². The fourth-order valence-electron chi connectivity index (χ4n) is 1.36. The highest BCUT2D eigenvalue weighted by Gasteiger charge is 2.13. The van der Waals surface area contributed by atoms with Crippen molar-refractivity contribution in [3.05, 3.63) is 16.4 Å². The quantitative estimate of drug-likeness (QED) is 0.804. The van der Waals surface area contributed by atoms with Crippen LogP contribution in [0.5, 0.6) is 0 Å². The topological polar surface area (TPSA) is 29.0 Å². The molecule has 0 saturated carbocycles. The van der Waals surface area contributed by atoms with Crippen LogP contribution in [0.25, 0.3) is 0 Å². The first-order valence-electron chi connectivity index (χ1n) is 4.51. The van der Waals surface area contributed by atoms with E-state index in [1.807, 2.05) is 0 Å². The van der Waals surface area contributed by atoms with E-state index in [0.717, 1.165) is 12.2 Å². The van der Waals surface area contributed by atoms with Crippen molar-refractivity contribution in [1.29, 1.82) is 0 Å². The fourth-order valence-corrected chi connectivity index (χ4v) is 1.70. The number of rotatable bonds is 3. The van der Waals surface area contributed by atoms with Gasteiger partial charge in [0.1, 0.15) is 0 Å². The molecule has 78 valence electrons. The van der Waals surface area contributed by atoms with Gasteiger partial charge in [-0.2, -0.15) is 0 Å². The maximum absolute atomic E-state index is 5.94. The van der Waals surface area contributed by atoms with Gasteiger partial charge in [0.05, 0.1) is 5.69 Å². The van der Waals surface area contributed by atoms with Crippen molar-refractivity contribution >= 4 is 28.9 Å². The highest BCUT2D eigenvalue weighted by molar-refractivity contribution is 6.33. The van der Waals surface area contributed by atoms with E-state index in [0.29, 0.717) is 16.3 Å². The van der Waals surface area contributed by atoms with Gasteiger partial charge in [-0.05, 0) is 20.8 Å². The molecule has 0 aliphatic rings. The summed E-state index contributed by atoms with van der Waals surface area (Å²) >= 11 is 11.7. The molecule has 1 rings (SSSR count). The molecule has 0 fully saturated rings. The van der Waals surface area contributed by atoms with Gasteiger partial charge < -0.3 is 4.90 Å². The van der Waals surface area contributed by atoms with Crippen LogP contribution in [0.3, 0.4) is 0 Å². The average Bonchev–Trinajstić information content (AvgIpc) is 2.11. The Labute approximate surface area is 94.0 Å². The smallest absolute Gasteiger partial charge is 0.175 e. The van der Waals surface area contributed by atoms with Gasteiger partial charge in [-0.15, -0.1) is 10.2 Å². The van der Waals surface area contributed by atoms with Crippen LogP contribution in [0, 0.1) is 0 Å². The number of hydrogen-bond donors (Lipinski definition) is 0. The zero-order valence-electron chi connectivity index (χ0n) is 8.46. The lowest BCUT2D eigenvalue weighted by Crippen LogP contribution is -2.30. The first-order chi connectivity index (χ1) is 6.56. The van der Waals surface area contributed by atoms with E-state index in [1.54, 1.807) is 6.07 Å². The van der Waals surface area contributed by atoms with Crippen molar-refractivity contribution in [2.45, 2.75) is 26.8 Å². The molecule has 1 aromatic rings. The van der Waals surface area contributed by atoms with E-state index < -0.39 is 0 Å². The van der Waals surface area contributed by atoms with Crippen molar-refractivity contribution in [3.63, 3.8) is 0 Å². The Morgan fingerprint density at radius 1 is 1.36 bits per heavy atom. The van der Waals surface area contributed by atoms with E-state index in [9.17, 15) is 0 Å². The molecule has 14 heavy (non-hydrogen) atoms. The maximum Gasteiger partial charge on any atom is 0.175 e. The lowest BCUT2D eigenvalue weighted by atomic mass is 10.3. The van der Waals surface area contributed by atoms with Crippen molar-refractivity contribution in [2.24, 2.45) is 0 Å². The van der Waals surface area contributed by atoms with Crippen LogP contribution in [0.2, 0.25) is 10.3 Å². The van der Waals surface area contributed by atoms with Crippen LogP contribution < -0.4 is 4.90 Å². The predicted molar refractivity (Wildman–Crippen MR) is 60.2 cm³/mol. The van der Waals surface area contributed by atoms with E-state index in [4.69, 9.17) is 23.2 Å². The van der Waals surface area contributed by atoms with Crippen LogP contribution in [-0.2, 0) is 0 Å². The monoisotopic (exact) mass is 233 g/mol. The second-order valence-electron chi connectivity index (χ2n) is 3.22. The number of aromatic nitrogens is 2. The molecular formula is C9H13Cl2N3. The molecule has 0 unspecified atom stereocenters. The third-order valence-corrected chi connectivity index (χ3v) is 2.43. The summed E-state index contributed by atoms with van der Waals surface area (Å²) in [7, 11) is 0. The van der Waals surface area contributed by atoms with Gasteiger partial charge in [0.25, 0.3) is 0 Å². The van der Waals surface area contributed by atoms with Gasteiger partial charge in [-0.3, -0.25) is 0 Å². The first kappa shape index (κ1) is 11.5. The fraction of sp³-hybridized carbons (Fsp3) is 0.556. The molecular weight excluding hydrogens is 221 g/mol. The highest BCUT2D eigenvalue weighted by Crippen LogP contribution is 2.26. The largest absolute Gasteiger partial charge is 0.367 e.